The molecule has 0 unspecified atom stereocenters. The molecule has 0 N–H and O–H groups in total. The van der Waals surface area contributed by atoms with E-state index < -0.39 is 0 Å². The van der Waals surface area contributed by atoms with Crippen molar-refractivity contribution >= 4 is 15.9 Å². The van der Waals surface area contributed by atoms with Crippen LogP contribution in [0.1, 0.15) is 50.2 Å². The summed E-state index contributed by atoms with van der Waals surface area (Å²) < 4.78 is 0. The third-order valence-corrected chi connectivity index (χ3v) is 3.56. The van der Waals surface area contributed by atoms with Crippen LogP contribution in [0.3, 0.4) is 0 Å². The van der Waals surface area contributed by atoms with Crippen LogP contribution < -0.4 is 0 Å². The molecule has 0 aliphatic heterocycles. The van der Waals surface area contributed by atoms with Gasteiger partial charge in [-0.25, -0.2) is 0 Å². The van der Waals surface area contributed by atoms with Crippen LogP contribution >= 0.6 is 15.9 Å². The highest BCUT2D eigenvalue weighted by molar-refractivity contribution is 9.09. The average Bonchev–Trinajstić information content (AvgIpc) is 2.33. The second kappa shape index (κ2) is 8.81. The number of rotatable bonds is 8. The third kappa shape index (κ3) is 5.16. The quantitative estimate of drug-likeness (QED) is 0.458. The van der Waals surface area contributed by atoms with Crippen LogP contribution in [-0.2, 0) is 12.8 Å². The van der Waals surface area contributed by atoms with Crippen molar-refractivity contribution < 1.29 is 0 Å². The van der Waals surface area contributed by atoms with Crippen LogP contribution in [0.2, 0.25) is 0 Å². The molecule has 0 fully saturated rings. The Morgan fingerprint density at radius 3 is 2.06 bits per heavy atom. The molecule has 16 heavy (non-hydrogen) atoms. The fraction of sp³-hybridized carbons (Fsp3) is 0.600. The predicted octanol–water partition coefficient (Wildman–Crippen LogP) is 5.14. The Hall–Kier alpha value is -0.300. The molecule has 1 aromatic rings. The minimum Gasteiger partial charge on any atom is -0.0928 e. The molecule has 1 rings (SSSR count). The highest BCUT2D eigenvalue weighted by Crippen LogP contribution is 2.15. The Morgan fingerprint density at radius 2 is 1.50 bits per heavy atom. The maximum atomic E-state index is 3.48. The molecule has 0 spiro atoms. The van der Waals surface area contributed by atoms with Gasteiger partial charge in [0.15, 0.2) is 0 Å². The molecular weight excluding hydrogens is 260 g/mol. The first-order valence-corrected chi connectivity index (χ1v) is 7.63. The zero-order valence-corrected chi connectivity index (χ0v) is 11.9. The molecule has 0 amide bonds. The number of hydrogen-bond acceptors (Lipinski definition) is 0. The molecule has 0 aliphatic rings. The van der Waals surface area contributed by atoms with Crippen molar-refractivity contribution in [3.05, 3.63) is 35.4 Å². The van der Waals surface area contributed by atoms with Gasteiger partial charge in [-0.3, -0.25) is 0 Å². The number of hydrogen-bond donors (Lipinski definition) is 0. The summed E-state index contributed by atoms with van der Waals surface area (Å²) in [5.74, 6) is 0. The first-order valence-electron chi connectivity index (χ1n) is 6.51. The third-order valence-electron chi connectivity index (χ3n) is 3.00. The van der Waals surface area contributed by atoms with E-state index in [0.717, 1.165) is 5.33 Å². The summed E-state index contributed by atoms with van der Waals surface area (Å²) in [4.78, 5) is 0. The van der Waals surface area contributed by atoms with Gasteiger partial charge >= 0.3 is 0 Å². The number of benzene rings is 1. The van der Waals surface area contributed by atoms with E-state index in [4.69, 9.17) is 0 Å². The van der Waals surface area contributed by atoms with Gasteiger partial charge in [0.2, 0.25) is 0 Å². The van der Waals surface area contributed by atoms with Gasteiger partial charge in [-0.15, -0.1) is 0 Å². The molecule has 0 saturated heterocycles. The highest BCUT2D eigenvalue weighted by atomic mass is 79.9. The van der Waals surface area contributed by atoms with Crippen LogP contribution in [0.25, 0.3) is 0 Å². The normalized spacial score (nSPS) is 10.6. The van der Waals surface area contributed by atoms with Crippen molar-refractivity contribution in [1.82, 2.24) is 0 Å². The van der Waals surface area contributed by atoms with E-state index in [0.29, 0.717) is 0 Å². The molecule has 0 nitrogen and oxygen atoms in total. The summed E-state index contributed by atoms with van der Waals surface area (Å²) in [6.07, 6.45) is 9.09. The van der Waals surface area contributed by atoms with E-state index in [1.165, 1.54) is 44.9 Å². The van der Waals surface area contributed by atoms with Gasteiger partial charge in [-0.05, 0) is 43.2 Å². The lowest BCUT2D eigenvalue weighted by Crippen LogP contribution is -1.94. The molecule has 0 saturated carbocycles. The second-order valence-corrected chi connectivity index (χ2v) is 5.16. The molecule has 0 aliphatic carbocycles. The van der Waals surface area contributed by atoms with Gasteiger partial charge in [-0.1, -0.05) is 60.0 Å². The Morgan fingerprint density at radius 1 is 0.875 bits per heavy atom. The van der Waals surface area contributed by atoms with E-state index >= 15 is 0 Å². The Bertz CT molecular complexity index is 281. The highest BCUT2D eigenvalue weighted by Gasteiger charge is 2.00. The second-order valence-electron chi connectivity index (χ2n) is 4.37. The van der Waals surface area contributed by atoms with Gasteiger partial charge in [0.05, 0.1) is 0 Å². The van der Waals surface area contributed by atoms with Crippen molar-refractivity contribution in [2.75, 3.05) is 5.33 Å². The fourth-order valence-electron chi connectivity index (χ4n) is 2.00. The standard InChI is InChI=1S/C15H23Br/c1-2-3-9-14-11-6-7-12-15(14)10-5-4-8-13-16/h6-7,11-12H,2-5,8-10,13H2,1H3. The van der Waals surface area contributed by atoms with Gasteiger partial charge in [-0.2, -0.15) is 0 Å². The topological polar surface area (TPSA) is 0 Å². The van der Waals surface area contributed by atoms with Crippen LogP contribution in [-0.4, -0.2) is 5.33 Å². The number of halogens is 1. The Balaban J connectivity index is 2.43. The fourth-order valence-corrected chi connectivity index (χ4v) is 2.40. The SMILES string of the molecule is CCCCc1ccccc1CCCCCBr. The molecule has 0 radical (unpaired) electrons. The van der Waals surface area contributed by atoms with Crippen molar-refractivity contribution in [3.63, 3.8) is 0 Å². The number of alkyl halides is 1. The summed E-state index contributed by atoms with van der Waals surface area (Å²) in [6, 6.07) is 8.96. The molecule has 1 aromatic carbocycles. The van der Waals surface area contributed by atoms with Gasteiger partial charge < -0.3 is 0 Å². The molecule has 0 aromatic heterocycles. The molecular formula is C15H23Br. The van der Waals surface area contributed by atoms with Crippen LogP contribution in [0.15, 0.2) is 24.3 Å². The van der Waals surface area contributed by atoms with E-state index in [1.807, 2.05) is 0 Å². The maximum Gasteiger partial charge on any atom is 0.00313 e. The molecule has 90 valence electrons. The smallest absolute Gasteiger partial charge is 0.00313 e. The summed E-state index contributed by atoms with van der Waals surface area (Å²) in [6.45, 7) is 2.26. The van der Waals surface area contributed by atoms with Crippen molar-refractivity contribution in [2.45, 2.75) is 51.9 Å². The van der Waals surface area contributed by atoms with Crippen LogP contribution in [0.4, 0.5) is 0 Å². The summed E-state index contributed by atoms with van der Waals surface area (Å²) in [5, 5.41) is 1.14. The molecule has 0 heterocycles. The predicted molar refractivity (Wildman–Crippen MR) is 76.4 cm³/mol. The number of unbranched alkanes of at least 4 members (excludes halogenated alkanes) is 3. The maximum absolute atomic E-state index is 3.48. The van der Waals surface area contributed by atoms with E-state index in [2.05, 4.69) is 47.1 Å². The van der Waals surface area contributed by atoms with Crippen molar-refractivity contribution in [2.24, 2.45) is 0 Å². The van der Waals surface area contributed by atoms with Crippen LogP contribution in [0, 0.1) is 0 Å². The van der Waals surface area contributed by atoms with Gasteiger partial charge in [0.25, 0.3) is 0 Å². The molecule has 1 heteroatoms. The minimum atomic E-state index is 1.14. The lowest BCUT2D eigenvalue weighted by atomic mass is 9.98. The monoisotopic (exact) mass is 282 g/mol. The first-order chi connectivity index (χ1) is 7.88. The Kier molecular flexibility index (Phi) is 7.58. The van der Waals surface area contributed by atoms with E-state index in [9.17, 15) is 0 Å². The summed E-state index contributed by atoms with van der Waals surface area (Å²) in [5.41, 5.74) is 3.15. The van der Waals surface area contributed by atoms with Crippen LogP contribution in [0.5, 0.6) is 0 Å². The molecule has 0 atom stereocenters. The van der Waals surface area contributed by atoms with E-state index in [-0.39, 0.29) is 0 Å². The van der Waals surface area contributed by atoms with Gasteiger partial charge in [0.1, 0.15) is 0 Å². The lowest BCUT2D eigenvalue weighted by molar-refractivity contribution is 0.713. The van der Waals surface area contributed by atoms with Crippen molar-refractivity contribution in [3.8, 4) is 0 Å². The largest absolute Gasteiger partial charge is 0.0928 e. The lowest BCUT2D eigenvalue weighted by Gasteiger charge is -2.08. The molecule has 0 bridgehead atoms. The Labute approximate surface area is 109 Å². The summed E-state index contributed by atoms with van der Waals surface area (Å²) in [7, 11) is 0. The zero-order chi connectivity index (χ0) is 11.6. The first kappa shape index (κ1) is 13.8. The summed E-state index contributed by atoms with van der Waals surface area (Å²) >= 11 is 3.48. The number of aryl methyl sites for hydroxylation is 2. The minimum absolute atomic E-state index is 1.14. The van der Waals surface area contributed by atoms with Crippen molar-refractivity contribution in [1.29, 1.82) is 0 Å². The van der Waals surface area contributed by atoms with E-state index in [1.54, 1.807) is 11.1 Å². The zero-order valence-electron chi connectivity index (χ0n) is 10.3. The average molecular weight is 283 g/mol. The van der Waals surface area contributed by atoms with Gasteiger partial charge in [0, 0.05) is 5.33 Å².